The third-order valence-electron chi connectivity index (χ3n) is 2.05. The van der Waals surface area contributed by atoms with E-state index in [0.717, 1.165) is 5.92 Å². The first-order valence-electron chi connectivity index (χ1n) is 4.37. The van der Waals surface area contributed by atoms with Crippen LogP contribution in [0.3, 0.4) is 0 Å². The minimum atomic E-state index is 1.00. The van der Waals surface area contributed by atoms with Gasteiger partial charge in [0.2, 0.25) is 0 Å². The number of hydrogen-bond acceptors (Lipinski definition) is 0. The summed E-state index contributed by atoms with van der Waals surface area (Å²) in [5.41, 5.74) is 0. The van der Waals surface area contributed by atoms with E-state index in [4.69, 9.17) is 0 Å². The predicted octanol–water partition coefficient (Wildman–Crippen LogP) is 3.35. The molecule has 1 fully saturated rings. The van der Waals surface area contributed by atoms with Crippen molar-refractivity contribution in [1.29, 1.82) is 0 Å². The van der Waals surface area contributed by atoms with E-state index in [0.29, 0.717) is 0 Å². The standard InChI is InChI=1S/C10H17/c1-2-3-4-5-6-7-10-8-9-10/h2,8,10H,1,3-7,9H2. The van der Waals surface area contributed by atoms with Crippen molar-refractivity contribution in [3.63, 3.8) is 0 Å². The largest absolute Gasteiger partial charge is 0.103 e. The van der Waals surface area contributed by atoms with E-state index in [-0.39, 0.29) is 0 Å². The van der Waals surface area contributed by atoms with E-state index in [1.165, 1.54) is 38.5 Å². The van der Waals surface area contributed by atoms with Crippen LogP contribution < -0.4 is 0 Å². The molecule has 57 valence electrons. The molecule has 0 aromatic heterocycles. The maximum atomic E-state index is 3.70. The average Bonchev–Trinajstić information content (AvgIpc) is 2.71. The Balaban J connectivity index is 1.72. The van der Waals surface area contributed by atoms with Crippen molar-refractivity contribution in [1.82, 2.24) is 0 Å². The summed E-state index contributed by atoms with van der Waals surface area (Å²) < 4.78 is 0. The van der Waals surface area contributed by atoms with Gasteiger partial charge in [0.05, 0.1) is 0 Å². The smallest absolute Gasteiger partial charge is 0.0352 e. The molecule has 0 aromatic carbocycles. The fraction of sp³-hybridized carbons (Fsp3) is 0.700. The quantitative estimate of drug-likeness (QED) is 0.389. The molecule has 0 N–H and O–H groups in total. The van der Waals surface area contributed by atoms with Crippen LogP contribution in [-0.2, 0) is 0 Å². The van der Waals surface area contributed by atoms with E-state index in [1.807, 2.05) is 6.08 Å². The van der Waals surface area contributed by atoms with Crippen molar-refractivity contribution < 1.29 is 0 Å². The molecule has 0 saturated heterocycles. The monoisotopic (exact) mass is 137 g/mol. The summed E-state index contributed by atoms with van der Waals surface area (Å²) in [5.74, 6) is 1.00. The maximum absolute atomic E-state index is 3.70. The van der Waals surface area contributed by atoms with Crippen LogP contribution in [-0.4, -0.2) is 0 Å². The summed E-state index contributed by atoms with van der Waals surface area (Å²) in [5, 5.41) is 0. The van der Waals surface area contributed by atoms with Crippen molar-refractivity contribution in [2.24, 2.45) is 5.92 Å². The highest BCUT2D eigenvalue weighted by atomic mass is 14.2. The molecule has 1 atom stereocenters. The normalized spacial score (nSPS) is 17.2. The Morgan fingerprint density at radius 2 is 2.20 bits per heavy atom. The van der Waals surface area contributed by atoms with Gasteiger partial charge >= 0.3 is 0 Å². The molecule has 1 saturated carbocycles. The summed E-state index contributed by atoms with van der Waals surface area (Å²) in [7, 11) is 0. The van der Waals surface area contributed by atoms with Gasteiger partial charge in [0.15, 0.2) is 0 Å². The topological polar surface area (TPSA) is 0 Å². The first-order chi connectivity index (χ1) is 4.93. The molecule has 1 aliphatic rings. The lowest BCUT2D eigenvalue weighted by Gasteiger charge is -1.95. The maximum Gasteiger partial charge on any atom is -0.0352 e. The molecular weight excluding hydrogens is 120 g/mol. The van der Waals surface area contributed by atoms with E-state index in [1.54, 1.807) is 0 Å². The summed E-state index contributed by atoms with van der Waals surface area (Å²) in [6.07, 6.45) is 12.6. The molecule has 1 radical (unpaired) electrons. The van der Waals surface area contributed by atoms with E-state index in [9.17, 15) is 0 Å². The second-order valence-electron chi connectivity index (χ2n) is 3.16. The summed E-state index contributed by atoms with van der Waals surface area (Å²) in [6.45, 7) is 3.70. The molecule has 0 heterocycles. The van der Waals surface area contributed by atoms with Crippen LogP contribution in [0.1, 0.15) is 38.5 Å². The molecule has 0 bridgehead atoms. The molecule has 0 aromatic rings. The Labute approximate surface area is 64.3 Å². The molecular formula is C10H17. The van der Waals surface area contributed by atoms with Gasteiger partial charge in [-0.25, -0.2) is 0 Å². The first kappa shape index (κ1) is 7.84. The highest BCUT2D eigenvalue weighted by Crippen LogP contribution is 2.32. The van der Waals surface area contributed by atoms with Crippen LogP contribution in [0, 0.1) is 12.3 Å². The van der Waals surface area contributed by atoms with Crippen LogP contribution in [0.2, 0.25) is 0 Å². The summed E-state index contributed by atoms with van der Waals surface area (Å²) in [4.78, 5) is 0. The number of hydrogen-bond donors (Lipinski definition) is 0. The van der Waals surface area contributed by atoms with Crippen LogP contribution in [0.15, 0.2) is 12.7 Å². The van der Waals surface area contributed by atoms with E-state index < -0.39 is 0 Å². The van der Waals surface area contributed by atoms with Crippen LogP contribution >= 0.6 is 0 Å². The highest BCUT2D eigenvalue weighted by Gasteiger charge is 2.20. The van der Waals surface area contributed by atoms with Crippen LogP contribution in [0.25, 0.3) is 0 Å². The Bertz CT molecular complexity index is 90.2. The van der Waals surface area contributed by atoms with Crippen molar-refractivity contribution in [2.75, 3.05) is 0 Å². The predicted molar refractivity (Wildman–Crippen MR) is 45.7 cm³/mol. The molecule has 0 nitrogen and oxygen atoms in total. The van der Waals surface area contributed by atoms with Crippen LogP contribution in [0.4, 0.5) is 0 Å². The van der Waals surface area contributed by atoms with Crippen molar-refractivity contribution in [2.45, 2.75) is 38.5 Å². The molecule has 1 aliphatic carbocycles. The number of rotatable bonds is 6. The molecule has 1 rings (SSSR count). The lowest BCUT2D eigenvalue weighted by Crippen LogP contribution is -1.78. The lowest BCUT2D eigenvalue weighted by atomic mass is 10.1. The van der Waals surface area contributed by atoms with Gasteiger partial charge in [-0.1, -0.05) is 25.3 Å². The van der Waals surface area contributed by atoms with Gasteiger partial charge in [-0.3, -0.25) is 0 Å². The Morgan fingerprint density at radius 1 is 1.40 bits per heavy atom. The molecule has 0 aliphatic heterocycles. The number of unbranched alkanes of at least 4 members (excludes halogenated alkanes) is 3. The Hall–Kier alpha value is -0.260. The minimum absolute atomic E-state index is 1.00. The highest BCUT2D eigenvalue weighted by molar-refractivity contribution is 4.93. The fourth-order valence-electron chi connectivity index (χ4n) is 1.20. The van der Waals surface area contributed by atoms with E-state index >= 15 is 0 Å². The SMILES string of the molecule is C=CCCCCCC1[CH]C1. The molecule has 0 heteroatoms. The fourth-order valence-corrected chi connectivity index (χ4v) is 1.20. The van der Waals surface area contributed by atoms with Gasteiger partial charge in [-0.15, -0.1) is 6.58 Å². The van der Waals surface area contributed by atoms with Crippen molar-refractivity contribution in [3.05, 3.63) is 19.1 Å². The van der Waals surface area contributed by atoms with Gasteiger partial charge in [0, 0.05) is 0 Å². The minimum Gasteiger partial charge on any atom is -0.103 e. The van der Waals surface area contributed by atoms with Crippen molar-refractivity contribution >= 4 is 0 Å². The van der Waals surface area contributed by atoms with E-state index in [2.05, 4.69) is 13.0 Å². The molecule has 0 amide bonds. The molecule has 10 heavy (non-hydrogen) atoms. The molecule has 0 spiro atoms. The van der Waals surface area contributed by atoms with Gasteiger partial charge in [-0.2, -0.15) is 0 Å². The van der Waals surface area contributed by atoms with Crippen LogP contribution in [0.5, 0.6) is 0 Å². The van der Waals surface area contributed by atoms with Gasteiger partial charge in [0.1, 0.15) is 0 Å². The zero-order chi connectivity index (χ0) is 7.23. The summed E-state index contributed by atoms with van der Waals surface area (Å²) >= 11 is 0. The zero-order valence-electron chi connectivity index (χ0n) is 6.68. The molecule has 1 unspecified atom stereocenters. The third kappa shape index (κ3) is 3.71. The lowest BCUT2D eigenvalue weighted by molar-refractivity contribution is 0.616. The Kier molecular flexibility index (Phi) is 3.56. The van der Waals surface area contributed by atoms with Gasteiger partial charge in [0.25, 0.3) is 0 Å². The Morgan fingerprint density at radius 3 is 2.80 bits per heavy atom. The average molecular weight is 137 g/mol. The zero-order valence-corrected chi connectivity index (χ0v) is 6.68. The second kappa shape index (κ2) is 4.54. The second-order valence-corrected chi connectivity index (χ2v) is 3.16. The van der Waals surface area contributed by atoms with Crippen molar-refractivity contribution in [3.8, 4) is 0 Å². The first-order valence-corrected chi connectivity index (χ1v) is 4.37. The van der Waals surface area contributed by atoms with Gasteiger partial charge in [-0.05, 0) is 31.6 Å². The summed E-state index contributed by atoms with van der Waals surface area (Å²) in [6, 6.07) is 0. The van der Waals surface area contributed by atoms with Gasteiger partial charge < -0.3 is 0 Å². The third-order valence-corrected chi connectivity index (χ3v) is 2.05. The number of allylic oxidation sites excluding steroid dienone is 1.